The van der Waals surface area contributed by atoms with Crippen LogP contribution in [0.15, 0.2) is 4.99 Å². The summed E-state index contributed by atoms with van der Waals surface area (Å²) in [6, 6.07) is 0.512. The molecule has 26 heavy (non-hydrogen) atoms. The maximum absolute atomic E-state index is 11.6. The Morgan fingerprint density at radius 2 is 1.73 bits per heavy atom. The summed E-state index contributed by atoms with van der Waals surface area (Å²) in [6.45, 7) is 9.67. The summed E-state index contributed by atoms with van der Waals surface area (Å²) in [5.74, 6) is 1.39. The molecule has 0 aromatic heterocycles. The molecule has 2 fully saturated rings. The lowest BCUT2D eigenvalue weighted by atomic mass is 9.75. The third-order valence-corrected chi connectivity index (χ3v) is 6.88. The van der Waals surface area contributed by atoms with Crippen molar-refractivity contribution in [1.82, 2.24) is 14.9 Å². The SMILES string of the molecule is CCNC(=NCC1CCN(S(C)(=O)=O)CC1)NC1CCC(C)(C)CC1.I. The van der Waals surface area contributed by atoms with Gasteiger partial charge in [-0.2, -0.15) is 0 Å². The molecule has 6 nitrogen and oxygen atoms in total. The van der Waals surface area contributed by atoms with E-state index in [9.17, 15) is 8.42 Å². The van der Waals surface area contributed by atoms with Crippen molar-refractivity contribution in [3.05, 3.63) is 0 Å². The van der Waals surface area contributed by atoms with Crippen LogP contribution in [0.2, 0.25) is 0 Å². The quantitative estimate of drug-likeness (QED) is 0.346. The lowest BCUT2D eigenvalue weighted by molar-refractivity contribution is 0.216. The lowest BCUT2D eigenvalue weighted by Crippen LogP contribution is -2.46. The highest BCUT2D eigenvalue weighted by Gasteiger charge is 2.27. The minimum Gasteiger partial charge on any atom is -0.357 e. The van der Waals surface area contributed by atoms with Gasteiger partial charge in [0.25, 0.3) is 0 Å². The number of aliphatic imine (C=N–C) groups is 1. The van der Waals surface area contributed by atoms with Gasteiger partial charge in [0.2, 0.25) is 10.0 Å². The van der Waals surface area contributed by atoms with E-state index in [0.717, 1.165) is 31.9 Å². The Kier molecular flexibility index (Phi) is 9.63. The highest BCUT2D eigenvalue weighted by atomic mass is 127. The lowest BCUT2D eigenvalue weighted by Gasteiger charge is -2.35. The van der Waals surface area contributed by atoms with Crippen LogP contribution < -0.4 is 10.6 Å². The molecule has 8 heteroatoms. The van der Waals surface area contributed by atoms with E-state index in [1.807, 2.05) is 0 Å². The second kappa shape index (κ2) is 10.5. The van der Waals surface area contributed by atoms with Crippen LogP contribution in [0.1, 0.15) is 59.3 Å². The summed E-state index contributed by atoms with van der Waals surface area (Å²) >= 11 is 0. The van der Waals surface area contributed by atoms with Crippen molar-refractivity contribution < 1.29 is 8.42 Å². The molecule has 2 N–H and O–H groups in total. The molecule has 0 unspecified atom stereocenters. The molecule has 2 aliphatic rings. The van der Waals surface area contributed by atoms with E-state index < -0.39 is 10.0 Å². The average molecular weight is 500 g/mol. The van der Waals surface area contributed by atoms with E-state index in [-0.39, 0.29) is 24.0 Å². The molecule has 0 bridgehead atoms. The fraction of sp³-hybridized carbons (Fsp3) is 0.944. The second-order valence-corrected chi connectivity index (χ2v) is 10.4. The number of nitrogens with zero attached hydrogens (tertiary/aromatic N) is 2. The first-order valence-corrected chi connectivity index (χ1v) is 11.5. The zero-order chi connectivity index (χ0) is 18.5. The molecule has 0 spiro atoms. The van der Waals surface area contributed by atoms with Crippen LogP contribution in [0.4, 0.5) is 0 Å². The smallest absolute Gasteiger partial charge is 0.211 e. The fourth-order valence-electron chi connectivity index (χ4n) is 3.70. The van der Waals surface area contributed by atoms with Crippen molar-refractivity contribution >= 4 is 40.0 Å². The van der Waals surface area contributed by atoms with E-state index in [0.29, 0.717) is 30.5 Å². The molecule has 0 aromatic rings. The van der Waals surface area contributed by atoms with Crippen molar-refractivity contribution in [1.29, 1.82) is 0 Å². The first-order chi connectivity index (χ1) is 11.7. The minimum atomic E-state index is -3.05. The maximum Gasteiger partial charge on any atom is 0.211 e. The third kappa shape index (κ3) is 7.88. The van der Waals surface area contributed by atoms with Crippen molar-refractivity contribution in [2.75, 3.05) is 32.4 Å². The third-order valence-electron chi connectivity index (χ3n) is 5.57. The molecule has 1 heterocycles. The van der Waals surface area contributed by atoms with Crippen LogP contribution in [0.25, 0.3) is 0 Å². The highest BCUT2D eigenvalue weighted by Crippen LogP contribution is 2.34. The normalized spacial score (nSPS) is 23.3. The average Bonchev–Trinajstić information content (AvgIpc) is 2.54. The Bertz CT molecular complexity index is 548. The molecular formula is C18H37IN4O2S. The van der Waals surface area contributed by atoms with Gasteiger partial charge in [0.05, 0.1) is 6.26 Å². The van der Waals surface area contributed by atoms with Gasteiger partial charge >= 0.3 is 0 Å². The molecule has 1 saturated heterocycles. The van der Waals surface area contributed by atoms with Crippen LogP contribution in [0.3, 0.4) is 0 Å². The molecule has 1 aliphatic heterocycles. The number of halogens is 1. The van der Waals surface area contributed by atoms with Gasteiger partial charge < -0.3 is 10.6 Å². The Morgan fingerprint density at radius 3 is 2.23 bits per heavy atom. The highest BCUT2D eigenvalue weighted by molar-refractivity contribution is 14.0. The number of hydrogen-bond donors (Lipinski definition) is 2. The van der Waals surface area contributed by atoms with Gasteiger partial charge in [0.15, 0.2) is 5.96 Å². The van der Waals surface area contributed by atoms with Crippen molar-refractivity contribution in [3.8, 4) is 0 Å². The molecule has 154 valence electrons. The molecule has 0 amide bonds. The van der Waals surface area contributed by atoms with E-state index in [4.69, 9.17) is 4.99 Å². The van der Waals surface area contributed by atoms with E-state index in [2.05, 4.69) is 31.4 Å². The van der Waals surface area contributed by atoms with Crippen LogP contribution in [-0.2, 0) is 10.0 Å². The van der Waals surface area contributed by atoms with Crippen LogP contribution in [-0.4, -0.2) is 57.2 Å². The van der Waals surface area contributed by atoms with Crippen molar-refractivity contribution in [2.24, 2.45) is 16.3 Å². The number of nitrogens with one attached hydrogen (secondary N) is 2. The number of rotatable bonds is 5. The van der Waals surface area contributed by atoms with Crippen LogP contribution in [0, 0.1) is 11.3 Å². The van der Waals surface area contributed by atoms with Crippen molar-refractivity contribution in [3.63, 3.8) is 0 Å². The Balaban J connectivity index is 0.00000338. The van der Waals surface area contributed by atoms with E-state index in [1.165, 1.54) is 31.9 Å². The topological polar surface area (TPSA) is 73.8 Å². The largest absolute Gasteiger partial charge is 0.357 e. The van der Waals surface area contributed by atoms with Crippen LogP contribution >= 0.6 is 24.0 Å². The predicted octanol–water partition coefficient (Wildman–Crippen LogP) is 2.80. The summed E-state index contributed by atoms with van der Waals surface area (Å²) in [6.07, 6.45) is 8.00. The predicted molar refractivity (Wildman–Crippen MR) is 120 cm³/mol. The first kappa shape index (κ1) is 23.9. The molecule has 0 aromatic carbocycles. The Morgan fingerprint density at radius 1 is 1.15 bits per heavy atom. The number of sulfonamides is 1. The van der Waals surface area contributed by atoms with Gasteiger partial charge in [-0.15, -0.1) is 24.0 Å². The van der Waals surface area contributed by atoms with E-state index >= 15 is 0 Å². The van der Waals surface area contributed by atoms with Gasteiger partial charge in [-0.3, -0.25) is 4.99 Å². The van der Waals surface area contributed by atoms with Gasteiger partial charge in [-0.25, -0.2) is 12.7 Å². The number of hydrogen-bond acceptors (Lipinski definition) is 3. The van der Waals surface area contributed by atoms with Gasteiger partial charge in [0.1, 0.15) is 0 Å². The second-order valence-electron chi connectivity index (χ2n) is 8.41. The summed E-state index contributed by atoms with van der Waals surface area (Å²) in [7, 11) is -3.05. The number of guanidine groups is 1. The van der Waals surface area contributed by atoms with Gasteiger partial charge in [-0.05, 0) is 56.8 Å². The van der Waals surface area contributed by atoms with Crippen molar-refractivity contribution in [2.45, 2.75) is 65.3 Å². The number of piperidine rings is 1. The molecule has 1 saturated carbocycles. The summed E-state index contributed by atoms with van der Waals surface area (Å²) < 4.78 is 24.8. The summed E-state index contributed by atoms with van der Waals surface area (Å²) in [4.78, 5) is 4.78. The summed E-state index contributed by atoms with van der Waals surface area (Å²) in [5.41, 5.74) is 0.473. The molecule has 2 rings (SSSR count). The van der Waals surface area contributed by atoms with Gasteiger partial charge in [-0.1, -0.05) is 13.8 Å². The molecule has 1 aliphatic carbocycles. The Labute approximate surface area is 177 Å². The molecular weight excluding hydrogens is 463 g/mol. The first-order valence-electron chi connectivity index (χ1n) is 9.69. The van der Waals surface area contributed by atoms with Crippen LogP contribution in [0.5, 0.6) is 0 Å². The fourth-order valence-corrected chi connectivity index (χ4v) is 4.57. The molecule has 0 atom stereocenters. The maximum atomic E-state index is 11.6. The monoisotopic (exact) mass is 500 g/mol. The minimum absolute atomic E-state index is 0. The Hall–Kier alpha value is -0.0900. The summed E-state index contributed by atoms with van der Waals surface area (Å²) in [5, 5.41) is 6.96. The zero-order valence-corrected chi connectivity index (χ0v) is 19.9. The molecule has 0 radical (unpaired) electrons. The zero-order valence-electron chi connectivity index (χ0n) is 16.8. The standard InChI is InChI=1S/C18H36N4O2S.HI/c1-5-19-17(21-16-6-10-18(2,3)11-7-16)20-14-15-8-12-22(13-9-15)25(4,23)24;/h15-16H,5-14H2,1-4H3,(H2,19,20,21);1H. The van der Waals surface area contributed by atoms with Gasteiger partial charge in [0, 0.05) is 32.2 Å². The van der Waals surface area contributed by atoms with E-state index in [1.54, 1.807) is 4.31 Å².